The second-order valence-corrected chi connectivity index (χ2v) is 8.21. The van der Waals surface area contributed by atoms with E-state index in [0.717, 1.165) is 11.1 Å². The summed E-state index contributed by atoms with van der Waals surface area (Å²) in [6.45, 7) is 1.67. The number of Topliss-reactive ketones (excluding diaryl/α,β-unsaturated/α-hetero) is 1. The first-order valence-electron chi connectivity index (χ1n) is 11.7. The van der Waals surface area contributed by atoms with Crippen LogP contribution in [0.2, 0.25) is 0 Å². The Labute approximate surface area is 215 Å². The Morgan fingerprint density at radius 2 is 1.41 bits per heavy atom. The molecular formula is C28H29N3O6. The van der Waals surface area contributed by atoms with E-state index < -0.39 is 29.8 Å². The minimum absolute atomic E-state index is 0.00843. The van der Waals surface area contributed by atoms with Crippen LogP contribution in [-0.2, 0) is 27.5 Å². The number of hydrogen-bond donors (Lipinski definition) is 3. The summed E-state index contributed by atoms with van der Waals surface area (Å²) in [4.78, 5) is 50.1. The highest BCUT2D eigenvalue weighted by Crippen LogP contribution is 2.19. The second kappa shape index (κ2) is 13.4. The van der Waals surface area contributed by atoms with Crippen LogP contribution in [0, 0.1) is 0 Å². The molecule has 192 valence electrons. The Morgan fingerprint density at radius 3 is 2.03 bits per heavy atom. The van der Waals surface area contributed by atoms with Gasteiger partial charge in [0.1, 0.15) is 13.2 Å². The van der Waals surface area contributed by atoms with Crippen molar-refractivity contribution < 1.29 is 28.7 Å². The van der Waals surface area contributed by atoms with Crippen molar-refractivity contribution in [2.24, 2.45) is 0 Å². The largest absolute Gasteiger partial charge is 0.461 e. The summed E-state index contributed by atoms with van der Waals surface area (Å²) in [6, 6.07) is 21.8. The van der Waals surface area contributed by atoms with E-state index in [9.17, 15) is 19.2 Å². The van der Waals surface area contributed by atoms with Gasteiger partial charge in [0.2, 0.25) is 0 Å². The second-order valence-electron chi connectivity index (χ2n) is 8.21. The number of ketones is 1. The summed E-state index contributed by atoms with van der Waals surface area (Å²) in [7, 11) is 0. The van der Waals surface area contributed by atoms with Crippen LogP contribution in [0.25, 0.3) is 0 Å². The van der Waals surface area contributed by atoms with Crippen molar-refractivity contribution in [1.82, 2.24) is 10.6 Å². The van der Waals surface area contributed by atoms with E-state index in [1.165, 1.54) is 19.1 Å². The number of nitrogens with two attached hydrogens (primary N) is 1. The van der Waals surface area contributed by atoms with Crippen LogP contribution in [0.1, 0.15) is 45.2 Å². The summed E-state index contributed by atoms with van der Waals surface area (Å²) >= 11 is 0. The van der Waals surface area contributed by atoms with E-state index in [2.05, 4.69) is 10.6 Å². The van der Waals surface area contributed by atoms with Crippen LogP contribution < -0.4 is 16.4 Å². The number of ether oxygens (including phenoxy) is 2. The Hall–Kier alpha value is -4.66. The Morgan fingerprint density at radius 1 is 0.811 bits per heavy atom. The summed E-state index contributed by atoms with van der Waals surface area (Å²) < 4.78 is 10.4. The molecule has 0 radical (unpaired) electrons. The minimum Gasteiger partial charge on any atom is -0.461 e. The van der Waals surface area contributed by atoms with Gasteiger partial charge in [-0.15, -0.1) is 0 Å². The normalized spacial score (nSPS) is 11.2. The predicted octanol–water partition coefficient (Wildman–Crippen LogP) is 3.63. The average Bonchev–Trinajstić information content (AvgIpc) is 2.91. The van der Waals surface area contributed by atoms with Gasteiger partial charge in [0.25, 0.3) is 5.91 Å². The molecule has 0 heterocycles. The maximum absolute atomic E-state index is 13.1. The van der Waals surface area contributed by atoms with Crippen LogP contribution in [0.4, 0.5) is 10.5 Å². The van der Waals surface area contributed by atoms with Crippen LogP contribution >= 0.6 is 0 Å². The third-order valence-electron chi connectivity index (χ3n) is 5.39. The standard InChI is InChI=1S/C28H29N3O6/c1-19(31-28(35)37-18-21-11-6-3-7-12-21)26(33)25-22(13-8-14-23(25)29)27(34)30-16-15-24(32)36-17-20-9-4-2-5-10-20/h2-14,19H,15-18,29H2,1H3,(H,30,34)(H,31,35)/t19-/m0/s1. The fraction of sp³-hybridized carbons (Fsp3) is 0.214. The van der Waals surface area contributed by atoms with Crippen molar-refractivity contribution in [2.75, 3.05) is 12.3 Å². The Balaban J connectivity index is 1.53. The van der Waals surface area contributed by atoms with Gasteiger partial charge in [0, 0.05) is 12.2 Å². The van der Waals surface area contributed by atoms with Crippen LogP contribution in [0.5, 0.6) is 0 Å². The molecule has 0 fully saturated rings. The van der Waals surface area contributed by atoms with Gasteiger partial charge in [-0.1, -0.05) is 66.7 Å². The van der Waals surface area contributed by atoms with Crippen molar-refractivity contribution in [1.29, 1.82) is 0 Å². The van der Waals surface area contributed by atoms with Crippen molar-refractivity contribution >= 4 is 29.4 Å². The zero-order valence-electron chi connectivity index (χ0n) is 20.4. The van der Waals surface area contributed by atoms with E-state index in [1.807, 2.05) is 48.5 Å². The molecule has 0 aliphatic heterocycles. The van der Waals surface area contributed by atoms with Gasteiger partial charge in [-0.05, 0) is 30.2 Å². The van der Waals surface area contributed by atoms with Crippen molar-refractivity contribution in [2.45, 2.75) is 32.6 Å². The molecule has 9 nitrogen and oxygen atoms in total. The summed E-state index contributed by atoms with van der Waals surface area (Å²) in [5, 5.41) is 5.08. The number of hydrogen-bond acceptors (Lipinski definition) is 7. The summed E-state index contributed by atoms with van der Waals surface area (Å²) in [5.41, 5.74) is 7.77. The van der Waals surface area contributed by atoms with Gasteiger partial charge in [0.05, 0.1) is 23.6 Å². The first-order chi connectivity index (χ1) is 17.8. The molecule has 0 spiro atoms. The molecule has 3 aromatic carbocycles. The van der Waals surface area contributed by atoms with Gasteiger partial charge in [-0.2, -0.15) is 0 Å². The lowest BCUT2D eigenvalue weighted by Gasteiger charge is -2.17. The number of nitrogens with one attached hydrogen (secondary N) is 2. The highest BCUT2D eigenvalue weighted by Gasteiger charge is 2.25. The number of alkyl carbamates (subject to hydrolysis) is 1. The molecule has 0 aliphatic rings. The van der Waals surface area contributed by atoms with Gasteiger partial charge < -0.3 is 25.8 Å². The van der Waals surface area contributed by atoms with Crippen LogP contribution in [0.15, 0.2) is 78.9 Å². The smallest absolute Gasteiger partial charge is 0.408 e. The first-order valence-corrected chi connectivity index (χ1v) is 11.7. The van der Waals surface area contributed by atoms with E-state index in [1.54, 1.807) is 18.2 Å². The number of amides is 2. The topological polar surface area (TPSA) is 137 Å². The molecule has 0 saturated carbocycles. The van der Waals surface area contributed by atoms with Crippen LogP contribution in [0.3, 0.4) is 0 Å². The molecule has 0 unspecified atom stereocenters. The van der Waals surface area contributed by atoms with E-state index in [0.29, 0.717) is 0 Å². The molecule has 9 heteroatoms. The van der Waals surface area contributed by atoms with E-state index in [-0.39, 0.29) is 43.0 Å². The van der Waals surface area contributed by atoms with E-state index in [4.69, 9.17) is 15.2 Å². The molecule has 0 aliphatic carbocycles. The molecule has 37 heavy (non-hydrogen) atoms. The predicted molar refractivity (Wildman–Crippen MR) is 138 cm³/mol. The minimum atomic E-state index is -1.01. The zero-order valence-corrected chi connectivity index (χ0v) is 20.4. The molecule has 0 saturated heterocycles. The molecule has 3 rings (SSSR count). The lowest BCUT2D eigenvalue weighted by molar-refractivity contribution is -0.144. The SMILES string of the molecule is C[C@H](NC(=O)OCc1ccccc1)C(=O)c1c(N)cccc1C(=O)NCCC(=O)OCc1ccccc1. The zero-order chi connectivity index (χ0) is 26.6. The third-order valence-corrected chi connectivity index (χ3v) is 5.39. The van der Waals surface area contributed by atoms with Crippen LogP contribution in [-0.4, -0.2) is 36.3 Å². The molecule has 1 atom stereocenters. The number of benzene rings is 3. The number of anilines is 1. The lowest BCUT2D eigenvalue weighted by atomic mass is 9.97. The van der Waals surface area contributed by atoms with Crippen molar-refractivity contribution in [3.8, 4) is 0 Å². The van der Waals surface area contributed by atoms with E-state index >= 15 is 0 Å². The number of nitrogen functional groups attached to an aromatic ring is 1. The molecule has 0 bridgehead atoms. The van der Waals surface area contributed by atoms with Gasteiger partial charge in [0.15, 0.2) is 5.78 Å². The molecular weight excluding hydrogens is 474 g/mol. The highest BCUT2D eigenvalue weighted by atomic mass is 16.5. The Bertz CT molecular complexity index is 1230. The fourth-order valence-corrected chi connectivity index (χ4v) is 3.44. The van der Waals surface area contributed by atoms with Crippen molar-refractivity contribution in [3.63, 3.8) is 0 Å². The molecule has 3 aromatic rings. The number of esters is 1. The monoisotopic (exact) mass is 503 g/mol. The quantitative estimate of drug-likeness (QED) is 0.206. The number of rotatable bonds is 11. The molecule has 2 amide bonds. The fourth-order valence-electron chi connectivity index (χ4n) is 3.44. The number of carbonyl (C=O) groups excluding carboxylic acids is 4. The average molecular weight is 504 g/mol. The van der Waals surface area contributed by atoms with Crippen molar-refractivity contribution in [3.05, 3.63) is 101 Å². The maximum Gasteiger partial charge on any atom is 0.408 e. The maximum atomic E-state index is 13.1. The van der Waals surface area contributed by atoms with Gasteiger partial charge in [-0.25, -0.2) is 4.79 Å². The highest BCUT2D eigenvalue weighted by molar-refractivity contribution is 6.13. The lowest BCUT2D eigenvalue weighted by Crippen LogP contribution is -2.40. The van der Waals surface area contributed by atoms with Gasteiger partial charge in [-0.3, -0.25) is 14.4 Å². The summed E-state index contributed by atoms with van der Waals surface area (Å²) in [6.07, 6.45) is -0.825. The Kier molecular flexibility index (Phi) is 9.78. The van der Waals surface area contributed by atoms with Gasteiger partial charge >= 0.3 is 12.1 Å². The molecule has 0 aromatic heterocycles. The summed E-state index contributed by atoms with van der Waals surface area (Å²) in [5.74, 6) is -1.60. The first kappa shape index (κ1) is 26.9. The third kappa shape index (κ3) is 8.21. The molecule has 4 N–H and O–H groups in total. The number of carbonyl (C=O) groups is 4.